The first-order valence-corrected chi connectivity index (χ1v) is 11.2. The van der Waals surface area contributed by atoms with Gasteiger partial charge in [0.25, 0.3) is 0 Å². The molecule has 6 nitrogen and oxygen atoms in total. The van der Waals surface area contributed by atoms with Gasteiger partial charge in [-0.05, 0) is 56.7 Å². The molecule has 2 rings (SSSR count). The van der Waals surface area contributed by atoms with E-state index in [4.69, 9.17) is 4.74 Å². The number of pyridine rings is 1. The molecule has 0 radical (unpaired) electrons. The number of hydrogen-bond donors (Lipinski definition) is 2. The molecule has 1 aromatic carbocycles. The van der Waals surface area contributed by atoms with E-state index in [1.807, 2.05) is 12.3 Å². The van der Waals surface area contributed by atoms with Crippen LogP contribution in [0, 0.1) is 12.8 Å². The molecule has 0 aliphatic carbocycles. The summed E-state index contributed by atoms with van der Waals surface area (Å²) in [4.78, 5) is 16.1. The van der Waals surface area contributed by atoms with Gasteiger partial charge in [-0.3, -0.25) is 9.79 Å². The third kappa shape index (κ3) is 10.1. The fourth-order valence-electron chi connectivity index (χ4n) is 3.51. The highest BCUT2D eigenvalue weighted by molar-refractivity contribution is 14.0. The molecule has 0 aliphatic rings. The Kier molecular flexibility index (Phi) is 13.1. The number of nitrogens with one attached hydrogen (secondary N) is 2. The van der Waals surface area contributed by atoms with Crippen LogP contribution in [0.1, 0.15) is 51.2 Å². The van der Waals surface area contributed by atoms with Gasteiger partial charge >= 0.3 is 0 Å². The summed E-state index contributed by atoms with van der Waals surface area (Å²) < 4.78 is 7.98. The van der Waals surface area contributed by atoms with E-state index in [1.54, 1.807) is 23.7 Å². The lowest BCUT2D eigenvalue weighted by molar-refractivity contribution is 0.191. The van der Waals surface area contributed by atoms with Crippen molar-refractivity contribution in [2.75, 3.05) is 13.6 Å². The van der Waals surface area contributed by atoms with Crippen molar-refractivity contribution in [3.8, 4) is 5.75 Å². The molecule has 0 saturated heterocycles. The number of halogens is 1. The first kappa shape index (κ1) is 28.0. The second-order valence-corrected chi connectivity index (χ2v) is 8.46. The molecule has 32 heavy (non-hydrogen) atoms. The summed E-state index contributed by atoms with van der Waals surface area (Å²) >= 11 is 0. The maximum absolute atomic E-state index is 11.7. The second kappa shape index (κ2) is 14.9. The van der Waals surface area contributed by atoms with E-state index in [0.29, 0.717) is 12.5 Å². The Morgan fingerprint density at radius 1 is 1.12 bits per heavy atom. The molecule has 1 atom stereocenters. The van der Waals surface area contributed by atoms with Gasteiger partial charge in [0, 0.05) is 44.5 Å². The molecule has 0 amide bonds. The summed E-state index contributed by atoms with van der Waals surface area (Å²) in [6.07, 6.45) is 4.92. The van der Waals surface area contributed by atoms with Crippen LogP contribution in [0.25, 0.3) is 0 Å². The third-order valence-corrected chi connectivity index (χ3v) is 5.04. The first-order valence-electron chi connectivity index (χ1n) is 11.2. The number of aromatic nitrogens is 1. The molecule has 0 bridgehead atoms. The molecule has 0 aliphatic heterocycles. The molecule has 2 N–H and O–H groups in total. The Morgan fingerprint density at radius 2 is 1.91 bits per heavy atom. The Morgan fingerprint density at radius 3 is 2.59 bits per heavy atom. The number of ether oxygens (including phenoxy) is 1. The largest absolute Gasteiger partial charge is 0.490 e. The van der Waals surface area contributed by atoms with Crippen molar-refractivity contribution in [1.29, 1.82) is 0 Å². The molecule has 0 saturated carbocycles. The van der Waals surface area contributed by atoms with Gasteiger partial charge in [0.1, 0.15) is 5.75 Å². The zero-order chi connectivity index (χ0) is 22.6. The summed E-state index contributed by atoms with van der Waals surface area (Å²) in [6.45, 7) is 10.8. The van der Waals surface area contributed by atoms with Crippen LogP contribution < -0.4 is 20.9 Å². The lowest BCUT2D eigenvalue weighted by Crippen LogP contribution is -2.37. The van der Waals surface area contributed by atoms with Gasteiger partial charge in [-0.1, -0.05) is 32.0 Å². The molecule has 2 aromatic rings. The Balaban J connectivity index is 0.00000512. The average Bonchev–Trinajstić information content (AvgIpc) is 2.71. The standard InChI is InChI=1S/C25H38N4O2.HI/c1-19(2)16-21(4)31-23-17-20(3)11-12-22(23)18-28-25(26-5)27-13-7-9-15-29-14-8-6-10-24(29)30;/h6,8,10-12,14,17,19,21H,7,9,13,15-16,18H2,1-5H3,(H2,26,27,28);1H. The van der Waals surface area contributed by atoms with Crippen molar-refractivity contribution in [2.24, 2.45) is 10.9 Å². The third-order valence-electron chi connectivity index (χ3n) is 5.04. The van der Waals surface area contributed by atoms with Crippen LogP contribution in [0.15, 0.2) is 52.4 Å². The SMILES string of the molecule is CN=C(NCCCCn1ccccc1=O)NCc1ccc(C)cc1OC(C)CC(C)C.I. The minimum atomic E-state index is 0. The Labute approximate surface area is 209 Å². The van der Waals surface area contributed by atoms with Crippen molar-refractivity contribution >= 4 is 29.9 Å². The number of unbranched alkanes of at least 4 members (excludes halogenated alkanes) is 1. The summed E-state index contributed by atoms with van der Waals surface area (Å²) in [7, 11) is 1.77. The van der Waals surface area contributed by atoms with Crippen LogP contribution in [0.4, 0.5) is 0 Å². The summed E-state index contributed by atoms with van der Waals surface area (Å²) in [5, 5.41) is 6.73. The van der Waals surface area contributed by atoms with Gasteiger partial charge in [-0.25, -0.2) is 0 Å². The van der Waals surface area contributed by atoms with Gasteiger partial charge in [-0.2, -0.15) is 0 Å². The summed E-state index contributed by atoms with van der Waals surface area (Å²) in [5.41, 5.74) is 2.36. The normalized spacial score (nSPS) is 12.2. The van der Waals surface area contributed by atoms with Crippen LogP contribution in [0.3, 0.4) is 0 Å². The number of aliphatic imine (C=N–C) groups is 1. The number of benzene rings is 1. The van der Waals surface area contributed by atoms with Crippen molar-refractivity contribution in [2.45, 2.75) is 66.2 Å². The number of hydrogen-bond acceptors (Lipinski definition) is 3. The van der Waals surface area contributed by atoms with Gasteiger partial charge in [0.15, 0.2) is 5.96 Å². The lowest BCUT2D eigenvalue weighted by Gasteiger charge is -2.20. The van der Waals surface area contributed by atoms with Crippen LogP contribution in [-0.2, 0) is 13.1 Å². The van der Waals surface area contributed by atoms with Crippen LogP contribution in [0.5, 0.6) is 5.75 Å². The topological polar surface area (TPSA) is 67.7 Å². The average molecular weight is 555 g/mol. The second-order valence-electron chi connectivity index (χ2n) is 8.46. The highest BCUT2D eigenvalue weighted by Crippen LogP contribution is 2.23. The molecular formula is C25H39IN4O2. The minimum absolute atomic E-state index is 0. The zero-order valence-electron chi connectivity index (χ0n) is 20.1. The maximum atomic E-state index is 11.7. The van der Waals surface area contributed by atoms with Crippen LogP contribution >= 0.6 is 24.0 Å². The quantitative estimate of drug-likeness (QED) is 0.182. The van der Waals surface area contributed by atoms with Gasteiger partial charge < -0.3 is 19.9 Å². The summed E-state index contributed by atoms with van der Waals surface area (Å²) in [5.74, 6) is 2.30. The molecule has 1 unspecified atom stereocenters. The number of rotatable bonds is 11. The fourth-order valence-corrected chi connectivity index (χ4v) is 3.51. The van der Waals surface area contributed by atoms with Crippen molar-refractivity contribution in [3.63, 3.8) is 0 Å². The molecular weight excluding hydrogens is 515 g/mol. The van der Waals surface area contributed by atoms with E-state index in [1.165, 1.54) is 5.56 Å². The molecule has 1 heterocycles. The van der Waals surface area contributed by atoms with Gasteiger partial charge in [0.05, 0.1) is 6.10 Å². The monoisotopic (exact) mass is 554 g/mol. The van der Waals surface area contributed by atoms with Crippen LogP contribution in [-0.4, -0.2) is 30.2 Å². The van der Waals surface area contributed by atoms with Crippen molar-refractivity contribution < 1.29 is 4.74 Å². The molecule has 0 fully saturated rings. The van der Waals surface area contributed by atoms with Crippen LogP contribution in [0.2, 0.25) is 0 Å². The fraction of sp³-hybridized carbons (Fsp3) is 0.520. The van der Waals surface area contributed by atoms with Gasteiger partial charge in [0.2, 0.25) is 5.56 Å². The van der Waals surface area contributed by atoms with E-state index in [9.17, 15) is 4.79 Å². The maximum Gasteiger partial charge on any atom is 0.250 e. The highest BCUT2D eigenvalue weighted by Gasteiger charge is 2.11. The number of nitrogens with zero attached hydrogens (tertiary/aromatic N) is 2. The minimum Gasteiger partial charge on any atom is -0.490 e. The smallest absolute Gasteiger partial charge is 0.250 e. The van der Waals surface area contributed by atoms with Crippen molar-refractivity contribution in [1.82, 2.24) is 15.2 Å². The van der Waals surface area contributed by atoms with E-state index in [0.717, 1.165) is 49.6 Å². The van der Waals surface area contributed by atoms with E-state index in [-0.39, 0.29) is 35.6 Å². The van der Waals surface area contributed by atoms with E-state index in [2.05, 4.69) is 61.5 Å². The van der Waals surface area contributed by atoms with E-state index < -0.39 is 0 Å². The number of guanidine groups is 1. The molecule has 7 heteroatoms. The van der Waals surface area contributed by atoms with Gasteiger partial charge in [-0.15, -0.1) is 24.0 Å². The Bertz CT molecular complexity index is 896. The first-order chi connectivity index (χ1) is 14.9. The molecule has 1 aromatic heterocycles. The zero-order valence-corrected chi connectivity index (χ0v) is 22.4. The van der Waals surface area contributed by atoms with E-state index >= 15 is 0 Å². The lowest BCUT2D eigenvalue weighted by atomic mass is 10.1. The molecule has 0 spiro atoms. The Hall–Kier alpha value is -2.03. The highest BCUT2D eigenvalue weighted by atomic mass is 127. The van der Waals surface area contributed by atoms with Crippen molar-refractivity contribution in [3.05, 3.63) is 64.1 Å². The predicted molar refractivity (Wildman–Crippen MR) is 144 cm³/mol. The predicted octanol–water partition coefficient (Wildman–Crippen LogP) is 4.73. The summed E-state index contributed by atoms with van der Waals surface area (Å²) in [6, 6.07) is 11.6. The molecule has 178 valence electrons. The number of aryl methyl sites for hydroxylation is 2.